The van der Waals surface area contributed by atoms with Crippen LogP contribution in [0.4, 0.5) is 0 Å². The zero-order chi connectivity index (χ0) is 23.7. The Morgan fingerprint density at radius 3 is 1.68 bits per heavy atom. The SMILES string of the molecule is O=S(=O)(O)O[C@H]1C(O)C(O)OC(CO[C@@H]2OC(CO)[C@H](O)[C@@H](OS(=O)(=O)O)C2O)[C@@H]1O. The Kier molecular flexibility index (Phi) is 8.68. The molecule has 8 N–H and O–H groups in total. The van der Waals surface area contributed by atoms with Gasteiger partial charge < -0.3 is 44.8 Å². The normalized spacial score (nSPS) is 42.5. The second-order valence-electron chi connectivity index (χ2n) is 6.56. The molecule has 184 valence electrons. The lowest BCUT2D eigenvalue weighted by atomic mass is 9.98. The fourth-order valence-corrected chi connectivity index (χ4v) is 3.96. The first-order valence-electron chi connectivity index (χ1n) is 8.39. The maximum absolute atomic E-state index is 10.9. The van der Waals surface area contributed by atoms with Crippen LogP contribution in [0.3, 0.4) is 0 Å². The highest BCUT2D eigenvalue weighted by Crippen LogP contribution is 2.28. The molecule has 31 heavy (non-hydrogen) atoms. The molecule has 0 radical (unpaired) electrons. The summed E-state index contributed by atoms with van der Waals surface area (Å²) >= 11 is 0. The molecule has 2 heterocycles. The summed E-state index contributed by atoms with van der Waals surface area (Å²) in [6, 6.07) is 0. The van der Waals surface area contributed by atoms with Crippen LogP contribution in [0.5, 0.6) is 0 Å². The molecule has 0 spiro atoms. The Morgan fingerprint density at radius 1 is 0.710 bits per heavy atom. The second-order valence-corrected chi connectivity index (χ2v) is 8.66. The summed E-state index contributed by atoms with van der Waals surface area (Å²) in [5.41, 5.74) is 0. The van der Waals surface area contributed by atoms with Crippen LogP contribution in [0.15, 0.2) is 0 Å². The molecule has 0 aliphatic carbocycles. The maximum Gasteiger partial charge on any atom is 0.397 e. The molecule has 5 unspecified atom stereocenters. The molecule has 0 aromatic rings. The van der Waals surface area contributed by atoms with Crippen molar-refractivity contribution >= 4 is 20.8 Å². The van der Waals surface area contributed by atoms with E-state index in [0.29, 0.717) is 0 Å². The number of hydrogen-bond donors (Lipinski definition) is 8. The monoisotopic (exact) mass is 502 g/mol. The third-order valence-electron chi connectivity index (χ3n) is 4.37. The molecule has 2 aliphatic rings. The van der Waals surface area contributed by atoms with E-state index in [1.54, 1.807) is 0 Å². The van der Waals surface area contributed by atoms with Crippen molar-refractivity contribution in [3.8, 4) is 0 Å². The average molecular weight is 502 g/mol. The maximum atomic E-state index is 10.9. The van der Waals surface area contributed by atoms with Gasteiger partial charge in [-0.15, -0.1) is 0 Å². The smallest absolute Gasteiger partial charge is 0.394 e. The number of rotatable bonds is 8. The minimum atomic E-state index is -5.17. The molecule has 0 amide bonds. The molecule has 2 fully saturated rings. The van der Waals surface area contributed by atoms with Crippen LogP contribution in [0.2, 0.25) is 0 Å². The molecule has 2 aliphatic heterocycles. The van der Waals surface area contributed by atoms with Crippen LogP contribution in [0.1, 0.15) is 0 Å². The minimum Gasteiger partial charge on any atom is -0.394 e. The second kappa shape index (κ2) is 10.1. The first-order chi connectivity index (χ1) is 14.1. The first-order valence-corrected chi connectivity index (χ1v) is 11.1. The van der Waals surface area contributed by atoms with E-state index in [1.807, 2.05) is 0 Å². The van der Waals surface area contributed by atoms with Gasteiger partial charge in [0.2, 0.25) is 0 Å². The van der Waals surface area contributed by atoms with Gasteiger partial charge in [-0.3, -0.25) is 9.11 Å². The van der Waals surface area contributed by atoms with Crippen molar-refractivity contribution in [3.63, 3.8) is 0 Å². The van der Waals surface area contributed by atoms with Crippen molar-refractivity contribution in [2.75, 3.05) is 13.2 Å². The van der Waals surface area contributed by atoms with E-state index in [0.717, 1.165) is 0 Å². The summed E-state index contributed by atoms with van der Waals surface area (Å²) in [5, 5.41) is 58.8. The lowest BCUT2D eigenvalue weighted by Crippen LogP contribution is -2.62. The van der Waals surface area contributed by atoms with Gasteiger partial charge in [0, 0.05) is 0 Å². The minimum absolute atomic E-state index is 0.829. The highest BCUT2D eigenvalue weighted by Gasteiger charge is 2.50. The van der Waals surface area contributed by atoms with Gasteiger partial charge in [-0.1, -0.05) is 0 Å². The zero-order valence-electron chi connectivity index (χ0n) is 15.3. The van der Waals surface area contributed by atoms with Gasteiger partial charge in [-0.25, -0.2) is 8.37 Å². The predicted octanol–water partition coefficient (Wildman–Crippen LogP) is -5.74. The van der Waals surface area contributed by atoms with E-state index >= 15 is 0 Å². The van der Waals surface area contributed by atoms with Crippen LogP contribution in [0.25, 0.3) is 0 Å². The lowest BCUT2D eigenvalue weighted by Gasteiger charge is -2.42. The Hall–Kier alpha value is -0.620. The summed E-state index contributed by atoms with van der Waals surface area (Å²) in [6.07, 6.45) is -19.4. The molecular weight excluding hydrogens is 480 g/mol. The van der Waals surface area contributed by atoms with Crippen LogP contribution < -0.4 is 0 Å². The zero-order valence-corrected chi connectivity index (χ0v) is 16.9. The van der Waals surface area contributed by atoms with E-state index in [4.69, 9.17) is 23.3 Å². The molecular formula is C12H22O17S2. The van der Waals surface area contributed by atoms with E-state index < -0.39 is 95.4 Å². The molecule has 17 nitrogen and oxygen atoms in total. The Balaban J connectivity index is 2.12. The first kappa shape index (κ1) is 26.6. The Bertz CT molecular complexity index is 800. The van der Waals surface area contributed by atoms with E-state index in [2.05, 4.69) is 8.37 Å². The Labute approximate surface area is 175 Å². The molecule has 0 aromatic carbocycles. The summed E-state index contributed by atoms with van der Waals surface area (Å²) in [5.74, 6) is 0. The summed E-state index contributed by atoms with van der Waals surface area (Å²) < 4.78 is 84.4. The molecule has 0 saturated carbocycles. The van der Waals surface area contributed by atoms with Crippen molar-refractivity contribution in [1.29, 1.82) is 0 Å². The van der Waals surface area contributed by atoms with Gasteiger partial charge in [0.25, 0.3) is 0 Å². The van der Waals surface area contributed by atoms with Crippen LogP contribution in [-0.2, 0) is 43.4 Å². The van der Waals surface area contributed by atoms with Crippen LogP contribution in [0, 0.1) is 0 Å². The number of aliphatic hydroxyl groups is 6. The molecule has 0 aromatic heterocycles. The van der Waals surface area contributed by atoms with Crippen molar-refractivity contribution < 1.29 is 79.2 Å². The molecule has 2 rings (SSSR count). The molecule has 19 heteroatoms. The van der Waals surface area contributed by atoms with E-state index in [9.17, 15) is 47.5 Å². The van der Waals surface area contributed by atoms with Crippen molar-refractivity contribution in [2.45, 2.75) is 61.4 Å². The van der Waals surface area contributed by atoms with Crippen molar-refractivity contribution in [3.05, 3.63) is 0 Å². The number of hydrogen-bond acceptors (Lipinski definition) is 15. The Morgan fingerprint density at radius 2 is 1.19 bits per heavy atom. The fourth-order valence-electron chi connectivity index (χ4n) is 2.94. The van der Waals surface area contributed by atoms with Gasteiger partial charge in [0.15, 0.2) is 12.6 Å². The van der Waals surface area contributed by atoms with Crippen molar-refractivity contribution in [1.82, 2.24) is 0 Å². The molecule has 10 atom stereocenters. The third kappa shape index (κ3) is 6.93. The molecule has 0 bridgehead atoms. The molecule has 2 saturated heterocycles. The van der Waals surface area contributed by atoms with Crippen LogP contribution >= 0.6 is 0 Å². The van der Waals surface area contributed by atoms with E-state index in [1.165, 1.54) is 0 Å². The standard InChI is InChI=1S/C12H22O17S2/c13-1-3-5(14)10(29-31(22,23)24)8(17)12(27-3)25-2-4-6(15)9(28-30(19,20)21)7(16)11(18)26-4/h3-18H,1-2H2,(H,19,20,21)(H,22,23,24)/t3?,4?,5-,6-,7?,8?,9+,10+,11?,12+/m0/s1. The summed E-state index contributed by atoms with van der Waals surface area (Å²) in [7, 11) is -10.3. The largest absolute Gasteiger partial charge is 0.397 e. The number of ether oxygens (including phenoxy) is 3. The summed E-state index contributed by atoms with van der Waals surface area (Å²) in [4.78, 5) is 0. The summed E-state index contributed by atoms with van der Waals surface area (Å²) in [6.45, 7) is -1.73. The van der Waals surface area contributed by atoms with Gasteiger partial charge >= 0.3 is 20.8 Å². The average Bonchev–Trinajstić information content (AvgIpc) is 2.64. The van der Waals surface area contributed by atoms with Gasteiger partial charge in [-0.2, -0.15) is 16.8 Å². The fraction of sp³-hybridized carbons (Fsp3) is 1.00. The highest BCUT2D eigenvalue weighted by molar-refractivity contribution is 7.81. The van der Waals surface area contributed by atoms with Gasteiger partial charge in [0.05, 0.1) is 13.2 Å². The lowest BCUT2D eigenvalue weighted by molar-refractivity contribution is -0.322. The van der Waals surface area contributed by atoms with Gasteiger partial charge in [-0.05, 0) is 0 Å². The quantitative estimate of drug-likeness (QED) is 0.143. The third-order valence-corrected chi connectivity index (χ3v) is 5.30. The van der Waals surface area contributed by atoms with Crippen LogP contribution in [-0.4, -0.2) is 131 Å². The highest BCUT2D eigenvalue weighted by atomic mass is 32.3. The van der Waals surface area contributed by atoms with Gasteiger partial charge in [0.1, 0.15) is 48.8 Å². The predicted molar refractivity (Wildman–Crippen MR) is 89.4 cm³/mol. The van der Waals surface area contributed by atoms with Crippen molar-refractivity contribution in [2.24, 2.45) is 0 Å². The number of aliphatic hydroxyl groups excluding tert-OH is 6. The van der Waals surface area contributed by atoms with E-state index in [-0.39, 0.29) is 0 Å². The topological polar surface area (TPSA) is 276 Å².